The molecule has 2 aromatic carbocycles. The Morgan fingerprint density at radius 1 is 1.16 bits per heavy atom. The van der Waals surface area contributed by atoms with Gasteiger partial charge >= 0.3 is 12.0 Å². The molecule has 1 atom stereocenters. The first-order valence-electron chi connectivity index (χ1n) is 9.20. The molecule has 31 heavy (non-hydrogen) atoms. The van der Waals surface area contributed by atoms with Crippen LogP contribution < -0.4 is 10.1 Å². The van der Waals surface area contributed by atoms with Gasteiger partial charge < -0.3 is 14.8 Å². The Bertz CT molecular complexity index is 1060. The Labute approximate surface area is 187 Å². The van der Waals surface area contributed by atoms with Crippen LogP contribution in [0.3, 0.4) is 0 Å². The van der Waals surface area contributed by atoms with Crippen LogP contribution in [0.25, 0.3) is 0 Å². The Hall–Kier alpha value is -2.84. The first kappa shape index (κ1) is 22.8. The zero-order valence-corrected chi connectivity index (χ0v) is 18.1. The smallest absolute Gasteiger partial charge is 0.338 e. The van der Waals surface area contributed by atoms with Crippen molar-refractivity contribution >= 4 is 35.2 Å². The molecule has 3 rings (SSSR count). The van der Waals surface area contributed by atoms with E-state index in [1.165, 1.54) is 24.1 Å². The van der Waals surface area contributed by atoms with Gasteiger partial charge in [0.15, 0.2) is 11.6 Å². The van der Waals surface area contributed by atoms with E-state index in [0.29, 0.717) is 16.7 Å². The van der Waals surface area contributed by atoms with E-state index in [1.807, 2.05) is 0 Å². The minimum atomic E-state index is -0.915. The lowest BCUT2D eigenvalue weighted by Crippen LogP contribution is -2.48. The van der Waals surface area contributed by atoms with E-state index in [4.69, 9.17) is 32.7 Å². The molecule has 10 heteroatoms. The predicted octanol–water partition coefficient (Wildman–Crippen LogP) is 4.86. The topological polar surface area (TPSA) is 67.9 Å². The summed E-state index contributed by atoms with van der Waals surface area (Å²) >= 11 is 12.1. The maximum atomic E-state index is 14.0. The van der Waals surface area contributed by atoms with E-state index in [0.717, 1.165) is 12.1 Å². The third kappa shape index (κ3) is 4.91. The average Bonchev–Trinajstić information content (AvgIpc) is 2.72. The summed E-state index contributed by atoms with van der Waals surface area (Å²) in [5.41, 5.74) is 0.733. The number of hydrogen-bond donors (Lipinski definition) is 1. The largest absolute Gasteiger partial charge is 0.484 e. The molecular weight excluding hydrogens is 453 g/mol. The number of nitrogens with one attached hydrogen (secondary N) is 1. The standard InChI is InChI=1S/C21H18Cl2F2N2O4/c1-3-30-20(28)18-16(10-31-17-7-5-12(24)9-15(17)25)27(2)21(29)26-19(18)11-4-6-13(22)14(23)8-11/h4-9,19H,3,10H2,1-2H3,(H,26,29)/t19-/m1/s1. The number of ether oxygens (including phenoxy) is 2. The lowest BCUT2D eigenvalue weighted by Gasteiger charge is -2.34. The third-order valence-corrected chi connectivity index (χ3v) is 5.35. The second-order valence-corrected chi connectivity index (χ2v) is 7.37. The van der Waals surface area contributed by atoms with Gasteiger partial charge in [-0.15, -0.1) is 0 Å². The summed E-state index contributed by atoms with van der Waals surface area (Å²) < 4.78 is 37.8. The maximum Gasteiger partial charge on any atom is 0.338 e. The van der Waals surface area contributed by atoms with Crippen LogP contribution in [0.1, 0.15) is 18.5 Å². The van der Waals surface area contributed by atoms with Gasteiger partial charge in [-0.1, -0.05) is 29.3 Å². The summed E-state index contributed by atoms with van der Waals surface area (Å²) in [4.78, 5) is 26.6. The molecule has 0 aromatic heterocycles. The maximum absolute atomic E-state index is 14.0. The van der Waals surface area contributed by atoms with Crippen molar-refractivity contribution in [1.82, 2.24) is 10.2 Å². The molecular formula is C21H18Cl2F2N2O4. The van der Waals surface area contributed by atoms with E-state index < -0.39 is 29.7 Å². The molecule has 2 amide bonds. The quantitative estimate of drug-likeness (QED) is 0.611. The number of urea groups is 1. The number of likely N-dealkylation sites (N-methyl/N-ethyl adjacent to an activating group) is 1. The van der Waals surface area contributed by atoms with Crippen molar-refractivity contribution in [2.24, 2.45) is 0 Å². The lowest BCUT2D eigenvalue weighted by atomic mass is 9.94. The van der Waals surface area contributed by atoms with Crippen LogP contribution in [-0.4, -0.2) is 37.2 Å². The normalized spacial score (nSPS) is 16.3. The minimum absolute atomic E-state index is 0.0878. The molecule has 1 heterocycles. The number of nitrogens with zero attached hydrogens (tertiary/aromatic N) is 1. The summed E-state index contributed by atoms with van der Waals surface area (Å²) in [5.74, 6) is -2.60. The molecule has 0 unspecified atom stereocenters. The van der Waals surface area contributed by atoms with Crippen LogP contribution in [0.2, 0.25) is 10.0 Å². The van der Waals surface area contributed by atoms with Gasteiger partial charge in [0, 0.05) is 13.1 Å². The Morgan fingerprint density at radius 2 is 1.90 bits per heavy atom. The summed E-state index contributed by atoms with van der Waals surface area (Å²) in [6.45, 7) is 1.38. The van der Waals surface area contributed by atoms with Crippen molar-refractivity contribution < 1.29 is 27.8 Å². The zero-order chi connectivity index (χ0) is 22.7. The van der Waals surface area contributed by atoms with Gasteiger partial charge in [-0.3, -0.25) is 4.90 Å². The second kappa shape index (κ2) is 9.53. The van der Waals surface area contributed by atoms with Crippen molar-refractivity contribution in [2.75, 3.05) is 20.3 Å². The Morgan fingerprint density at radius 3 is 2.55 bits per heavy atom. The van der Waals surface area contributed by atoms with Crippen LogP contribution in [0.4, 0.5) is 13.6 Å². The zero-order valence-electron chi connectivity index (χ0n) is 16.5. The third-order valence-electron chi connectivity index (χ3n) is 4.61. The highest BCUT2D eigenvalue weighted by atomic mass is 35.5. The molecule has 0 saturated heterocycles. The second-order valence-electron chi connectivity index (χ2n) is 6.56. The number of benzene rings is 2. The Balaban J connectivity index is 2.06. The molecule has 1 aliphatic heterocycles. The van der Waals surface area contributed by atoms with Gasteiger partial charge in [0.25, 0.3) is 0 Å². The molecule has 0 saturated carbocycles. The van der Waals surface area contributed by atoms with E-state index >= 15 is 0 Å². The molecule has 1 N–H and O–H groups in total. The Kier molecular flexibility index (Phi) is 7.02. The summed E-state index contributed by atoms with van der Waals surface area (Å²) in [6, 6.07) is 6.07. The number of halogens is 4. The van der Waals surface area contributed by atoms with E-state index in [9.17, 15) is 18.4 Å². The van der Waals surface area contributed by atoms with Gasteiger partial charge in [-0.2, -0.15) is 0 Å². The van der Waals surface area contributed by atoms with Gasteiger partial charge in [0.2, 0.25) is 0 Å². The average molecular weight is 471 g/mol. The van der Waals surface area contributed by atoms with Crippen molar-refractivity contribution in [3.8, 4) is 5.75 Å². The highest BCUT2D eigenvalue weighted by molar-refractivity contribution is 6.42. The first-order chi connectivity index (χ1) is 14.7. The predicted molar refractivity (Wildman–Crippen MR) is 111 cm³/mol. The van der Waals surface area contributed by atoms with Crippen molar-refractivity contribution in [2.45, 2.75) is 13.0 Å². The SMILES string of the molecule is CCOC(=O)C1=C(COc2ccc(F)cc2F)N(C)C(=O)N[C@@H]1c1ccc(Cl)c(Cl)c1. The van der Waals surface area contributed by atoms with Crippen LogP contribution in [0, 0.1) is 11.6 Å². The van der Waals surface area contributed by atoms with Crippen LogP contribution >= 0.6 is 23.2 Å². The van der Waals surface area contributed by atoms with Crippen LogP contribution in [-0.2, 0) is 9.53 Å². The number of esters is 1. The molecule has 0 bridgehead atoms. The fourth-order valence-electron chi connectivity index (χ4n) is 3.06. The molecule has 2 aromatic rings. The lowest BCUT2D eigenvalue weighted by molar-refractivity contribution is -0.139. The number of rotatable bonds is 6. The van der Waals surface area contributed by atoms with E-state index in [2.05, 4.69) is 5.32 Å². The number of carbonyl (C=O) groups is 2. The number of carbonyl (C=O) groups excluding carboxylic acids is 2. The summed E-state index contributed by atoms with van der Waals surface area (Å²) in [5, 5.41) is 3.26. The molecule has 6 nitrogen and oxygen atoms in total. The van der Waals surface area contributed by atoms with Gasteiger partial charge in [0.1, 0.15) is 12.4 Å². The highest BCUT2D eigenvalue weighted by Crippen LogP contribution is 2.34. The van der Waals surface area contributed by atoms with Gasteiger partial charge in [-0.25, -0.2) is 18.4 Å². The van der Waals surface area contributed by atoms with E-state index in [-0.39, 0.29) is 35.3 Å². The first-order valence-corrected chi connectivity index (χ1v) is 9.95. The molecule has 0 fully saturated rings. The fraction of sp³-hybridized carbons (Fsp3) is 0.238. The summed E-state index contributed by atoms with van der Waals surface area (Å²) in [6.07, 6.45) is 0. The fourth-order valence-corrected chi connectivity index (χ4v) is 3.37. The van der Waals surface area contributed by atoms with Crippen molar-refractivity contribution in [3.05, 3.63) is 74.9 Å². The van der Waals surface area contributed by atoms with Crippen molar-refractivity contribution in [3.63, 3.8) is 0 Å². The molecule has 0 spiro atoms. The van der Waals surface area contributed by atoms with Crippen molar-refractivity contribution in [1.29, 1.82) is 0 Å². The van der Waals surface area contributed by atoms with Crippen LogP contribution in [0.15, 0.2) is 47.7 Å². The summed E-state index contributed by atoms with van der Waals surface area (Å²) in [7, 11) is 1.43. The minimum Gasteiger partial charge on any atom is -0.484 e. The van der Waals surface area contributed by atoms with Crippen LogP contribution in [0.5, 0.6) is 5.75 Å². The molecule has 0 radical (unpaired) electrons. The molecule has 0 aliphatic carbocycles. The molecule has 164 valence electrons. The number of amides is 2. The number of hydrogen-bond acceptors (Lipinski definition) is 4. The van der Waals surface area contributed by atoms with Gasteiger partial charge in [-0.05, 0) is 36.8 Å². The van der Waals surface area contributed by atoms with E-state index in [1.54, 1.807) is 13.0 Å². The van der Waals surface area contributed by atoms with Gasteiger partial charge in [0.05, 0.1) is 34.0 Å². The molecule has 1 aliphatic rings. The highest BCUT2D eigenvalue weighted by Gasteiger charge is 2.37. The monoisotopic (exact) mass is 470 g/mol.